The van der Waals surface area contributed by atoms with Gasteiger partial charge < -0.3 is 0 Å². The summed E-state index contributed by atoms with van der Waals surface area (Å²) in [7, 11) is 0. The van der Waals surface area contributed by atoms with E-state index >= 15 is 0 Å². The number of hydrazine groups is 1. The SMILES string of the molecule is C=CCN(c1ccc(-c2ccccc2)cc1)[N+](=O)[O-]. The maximum Gasteiger partial charge on any atom is 0.165 e. The van der Waals surface area contributed by atoms with E-state index < -0.39 is 5.03 Å². The summed E-state index contributed by atoms with van der Waals surface area (Å²) in [5.74, 6) is 0. The van der Waals surface area contributed by atoms with Crippen LogP contribution in [0.3, 0.4) is 0 Å². The second kappa shape index (κ2) is 5.82. The summed E-state index contributed by atoms with van der Waals surface area (Å²) in [6, 6.07) is 17.1. The maximum atomic E-state index is 10.9. The Hall–Kier alpha value is -2.62. The van der Waals surface area contributed by atoms with Crippen LogP contribution < -0.4 is 5.01 Å². The first-order valence-electron chi connectivity index (χ1n) is 5.90. The molecular weight excluding hydrogens is 240 g/mol. The van der Waals surface area contributed by atoms with Crippen LogP contribution in [0.25, 0.3) is 11.1 Å². The van der Waals surface area contributed by atoms with Crippen molar-refractivity contribution in [3.63, 3.8) is 0 Å². The number of nitro groups is 1. The molecule has 19 heavy (non-hydrogen) atoms. The summed E-state index contributed by atoms with van der Waals surface area (Å²) < 4.78 is 0. The Morgan fingerprint density at radius 2 is 1.63 bits per heavy atom. The molecule has 0 saturated heterocycles. The van der Waals surface area contributed by atoms with Crippen LogP contribution in [0.4, 0.5) is 5.69 Å². The fourth-order valence-corrected chi connectivity index (χ4v) is 1.85. The van der Waals surface area contributed by atoms with E-state index in [0.717, 1.165) is 16.1 Å². The lowest BCUT2D eigenvalue weighted by atomic mass is 10.1. The average molecular weight is 254 g/mol. The molecule has 0 aliphatic rings. The van der Waals surface area contributed by atoms with Gasteiger partial charge in [0.05, 0.1) is 0 Å². The highest BCUT2D eigenvalue weighted by molar-refractivity contribution is 5.65. The first-order chi connectivity index (χ1) is 9.22. The topological polar surface area (TPSA) is 46.4 Å². The number of anilines is 1. The molecule has 96 valence electrons. The lowest BCUT2D eigenvalue weighted by molar-refractivity contribution is -0.493. The Labute approximate surface area is 111 Å². The molecular formula is C15H14N2O2. The molecule has 0 amide bonds. The molecule has 0 fully saturated rings. The third-order valence-electron chi connectivity index (χ3n) is 2.77. The smallest absolute Gasteiger partial charge is 0.165 e. The minimum absolute atomic E-state index is 0.178. The predicted octanol–water partition coefficient (Wildman–Crippen LogP) is 3.54. The van der Waals surface area contributed by atoms with Crippen LogP contribution in [0.5, 0.6) is 0 Å². The van der Waals surface area contributed by atoms with Crippen LogP contribution in [-0.2, 0) is 0 Å². The Kier molecular flexibility index (Phi) is 3.93. The van der Waals surface area contributed by atoms with E-state index in [9.17, 15) is 10.1 Å². The molecule has 0 aliphatic heterocycles. The zero-order chi connectivity index (χ0) is 13.7. The first-order valence-corrected chi connectivity index (χ1v) is 5.90. The Morgan fingerprint density at radius 3 is 2.16 bits per heavy atom. The van der Waals surface area contributed by atoms with Crippen LogP contribution in [0.1, 0.15) is 0 Å². The van der Waals surface area contributed by atoms with Gasteiger partial charge in [0.2, 0.25) is 0 Å². The van der Waals surface area contributed by atoms with E-state index in [1.807, 2.05) is 42.5 Å². The quantitative estimate of drug-likeness (QED) is 0.466. The number of nitrogens with zero attached hydrogens (tertiary/aromatic N) is 2. The van der Waals surface area contributed by atoms with Gasteiger partial charge in [-0.05, 0) is 23.3 Å². The highest BCUT2D eigenvalue weighted by atomic mass is 16.7. The minimum atomic E-state index is -0.431. The van der Waals surface area contributed by atoms with Gasteiger partial charge in [0, 0.05) is 0 Å². The van der Waals surface area contributed by atoms with Gasteiger partial charge in [0.15, 0.2) is 5.03 Å². The van der Waals surface area contributed by atoms with Crippen molar-refractivity contribution in [3.05, 3.63) is 77.4 Å². The van der Waals surface area contributed by atoms with Gasteiger partial charge in [-0.15, -0.1) is 6.58 Å². The molecule has 2 aromatic carbocycles. The van der Waals surface area contributed by atoms with Gasteiger partial charge in [-0.25, -0.2) is 10.1 Å². The van der Waals surface area contributed by atoms with Crippen LogP contribution >= 0.6 is 0 Å². The van der Waals surface area contributed by atoms with Gasteiger partial charge >= 0.3 is 0 Å². The van der Waals surface area contributed by atoms with Crippen LogP contribution in [0, 0.1) is 10.1 Å². The fraction of sp³-hybridized carbons (Fsp3) is 0.0667. The van der Waals surface area contributed by atoms with Crippen molar-refractivity contribution in [2.24, 2.45) is 0 Å². The van der Waals surface area contributed by atoms with E-state index in [2.05, 4.69) is 6.58 Å². The van der Waals surface area contributed by atoms with Gasteiger partial charge in [0.1, 0.15) is 12.2 Å². The van der Waals surface area contributed by atoms with Crippen LogP contribution in [0.2, 0.25) is 0 Å². The first kappa shape index (κ1) is 12.8. The lowest BCUT2D eigenvalue weighted by Gasteiger charge is -2.12. The van der Waals surface area contributed by atoms with E-state index in [-0.39, 0.29) is 6.54 Å². The summed E-state index contributed by atoms with van der Waals surface area (Å²) in [6.45, 7) is 3.71. The minimum Gasteiger partial charge on any atom is -0.234 e. The monoisotopic (exact) mass is 254 g/mol. The molecule has 0 atom stereocenters. The van der Waals surface area contributed by atoms with Crippen molar-refractivity contribution in [1.29, 1.82) is 0 Å². The van der Waals surface area contributed by atoms with Crippen molar-refractivity contribution in [3.8, 4) is 11.1 Å². The Bertz CT molecular complexity index is 564. The van der Waals surface area contributed by atoms with E-state index in [0.29, 0.717) is 5.69 Å². The third kappa shape index (κ3) is 2.98. The summed E-state index contributed by atoms with van der Waals surface area (Å²) in [5, 5.41) is 11.6. The fourth-order valence-electron chi connectivity index (χ4n) is 1.85. The highest BCUT2D eigenvalue weighted by Gasteiger charge is 2.14. The van der Waals surface area contributed by atoms with E-state index in [1.165, 1.54) is 6.08 Å². The summed E-state index contributed by atoms with van der Waals surface area (Å²) in [4.78, 5) is 10.9. The summed E-state index contributed by atoms with van der Waals surface area (Å²) >= 11 is 0. The van der Waals surface area contributed by atoms with Crippen molar-refractivity contribution >= 4 is 5.69 Å². The number of rotatable bonds is 5. The van der Waals surface area contributed by atoms with E-state index in [4.69, 9.17) is 0 Å². The average Bonchev–Trinajstić information content (AvgIpc) is 2.46. The third-order valence-corrected chi connectivity index (χ3v) is 2.77. The number of hydrogen-bond donors (Lipinski definition) is 0. The molecule has 0 aromatic heterocycles. The van der Waals surface area contributed by atoms with Crippen molar-refractivity contribution < 1.29 is 5.03 Å². The molecule has 0 N–H and O–H groups in total. The Balaban J connectivity index is 2.27. The summed E-state index contributed by atoms with van der Waals surface area (Å²) in [5.41, 5.74) is 2.67. The number of hydrogen-bond acceptors (Lipinski definition) is 2. The molecule has 4 nitrogen and oxygen atoms in total. The zero-order valence-corrected chi connectivity index (χ0v) is 10.4. The molecule has 0 unspecified atom stereocenters. The van der Waals surface area contributed by atoms with Crippen molar-refractivity contribution in [2.45, 2.75) is 0 Å². The molecule has 0 aliphatic carbocycles. The standard InChI is InChI=1S/C15H14N2O2/c1-2-12-16(17(18)19)15-10-8-14(9-11-15)13-6-4-3-5-7-13/h2-11H,1,12H2. The van der Waals surface area contributed by atoms with Gasteiger partial charge in [-0.1, -0.05) is 53.5 Å². The van der Waals surface area contributed by atoms with E-state index in [1.54, 1.807) is 12.1 Å². The van der Waals surface area contributed by atoms with Crippen molar-refractivity contribution in [1.82, 2.24) is 0 Å². The number of benzene rings is 2. The maximum absolute atomic E-state index is 10.9. The van der Waals surface area contributed by atoms with Crippen molar-refractivity contribution in [2.75, 3.05) is 11.6 Å². The molecule has 0 saturated carbocycles. The Morgan fingerprint density at radius 1 is 1.05 bits per heavy atom. The highest BCUT2D eigenvalue weighted by Crippen LogP contribution is 2.22. The molecule has 4 heteroatoms. The second-order valence-corrected chi connectivity index (χ2v) is 4.02. The van der Waals surface area contributed by atoms with Crippen LogP contribution in [-0.4, -0.2) is 11.6 Å². The predicted molar refractivity (Wildman–Crippen MR) is 76.4 cm³/mol. The molecule has 2 rings (SSSR count). The lowest BCUT2D eigenvalue weighted by Crippen LogP contribution is -2.29. The molecule has 2 aromatic rings. The molecule has 0 spiro atoms. The molecule has 0 heterocycles. The normalized spacial score (nSPS) is 9.89. The van der Waals surface area contributed by atoms with Gasteiger partial charge in [0.25, 0.3) is 0 Å². The summed E-state index contributed by atoms with van der Waals surface area (Å²) in [6.07, 6.45) is 1.51. The van der Waals surface area contributed by atoms with Crippen LogP contribution in [0.15, 0.2) is 67.3 Å². The van der Waals surface area contributed by atoms with Gasteiger partial charge in [-0.3, -0.25) is 0 Å². The van der Waals surface area contributed by atoms with Gasteiger partial charge in [-0.2, -0.15) is 0 Å². The largest absolute Gasteiger partial charge is 0.234 e. The molecule has 0 bridgehead atoms. The second-order valence-electron chi connectivity index (χ2n) is 4.02. The zero-order valence-electron chi connectivity index (χ0n) is 10.4. The molecule has 0 radical (unpaired) electrons.